The van der Waals surface area contributed by atoms with Crippen LogP contribution in [0.25, 0.3) is 10.2 Å². The molecule has 2 aromatic carbocycles. The molecule has 0 aliphatic rings. The van der Waals surface area contributed by atoms with Gasteiger partial charge in [0.25, 0.3) is 5.91 Å². The van der Waals surface area contributed by atoms with Gasteiger partial charge in [0.05, 0.1) is 14.2 Å². The Morgan fingerprint density at radius 1 is 1.09 bits per heavy atom. The van der Waals surface area contributed by atoms with Gasteiger partial charge in [-0.2, -0.15) is 0 Å². The summed E-state index contributed by atoms with van der Waals surface area (Å²) in [6.07, 6.45) is 0. The second kappa shape index (κ2) is 6.55. The molecule has 23 heavy (non-hydrogen) atoms. The van der Waals surface area contributed by atoms with Crippen molar-refractivity contribution < 1.29 is 14.3 Å². The van der Waals surface area contributed by atoms with Crippen LogP contribution in [0.4, 0.5) is 5.13 Å². The second-order valence-corrected chi connectivity index (χ2v) is 6.54. The molecule has 7 heteroatoms. The lowest BCUT2D eigenvalue weighted by Gasteiger charge is -2.03. The number of carbonyl (C=O) groups is 1. The molecule has 0 atom stereocenters. The van der Waals surface area contributed by atoms with Crippen molar-refractivity contribution in [3.63, 3.8) is 0 Å². The van der Waals surface area contributed by atoms with E-state index in [4.69, 9.17) is 9.47 Å². The van der Waals surface area contributed by atoms with Crippen LogP contribution in [0.5, 0.6) is 11.5 Å². The summed E-state index contributed by atoms with van der Waals surface area (Å²) >= 11 is 4.69. The number of rotatable bonds is 4. The number of nitrogens with zero attached hydrogens (tertiary/aromatic N) is 1. The van der Waals surface area contributed by atoms with Crippen molar-refractivity contribution in [2.75, 3.05) is 19.5 Å². The van der Waals surface area contributed by atoms with Gasteiger partial charge >= 0.3 is 0 Å². The van der Waals surface area contributed by atoms with E-state index in [1.807, 2.05) is 18.2 Å². The Hall–Kier alpha value is -2.12. The molecule has 118 valence electrons. The van der Waals surface area contributed by atoms with Crippen molar-refractivity contribution in [1.82, 2.24) is 4.98 Å². The first kappa shape index (κ1) is 15.8. The van der Waals surface area contributed by atoms with Crippen molar-refractivity contribution in [1.29, 1.82) is 0 Å². The van der Waals surface area contributed by atoms with Crippen LogP contribution < -0.4 is 14.8 Å². The van der Waals surface area contributed by atoms with Gasteiger partial charge in [0.1, 0.15) is 21.7 Å². The molecule has 0 saturated carbocycles. The van der Waals surface area contributed by atoms with Crippen LogP contribution in [0.15, 0.2) is 40.9 Å². The van der Waals surface area contributed by atoms with Gasteiger partial charge in [-0.05, 0) is 36.4 Å². The molecule has 1 aromatic heterocycles. The summed E-state index contributed by atoms with van der Waals surface area (Å²) in [6, 6.07) is 10.7. The first-order valence-electron chi connectivity index (χ1n) is 6.71. The van der Waals surface area contributed by atoms with Crippen LogP contribution in [0.2, 0.25) is 0 Å². The highest BCUT2D eigenvalue weighted by Gasteiger charge is 2.15. The highest BCUT2D eigenvalue weighted by atomic mass is 79.9. The fourth-order valence-corrected chi connectivity index (χ4v) is 3.34. The van der Waals surface area contributed by atoms with E-state index in [-0.39, 0.29) is 5.91 Å². The zero-order valence-corrected chi connectivity index (χ0v) is 14.8. The fourth-order valence-electron chi connectivity index (χ4n) is 2.11. The van der Waals surface area contributed by atoms with Crippen LogP contribution in [0.1, 0.15) is 10.4 Å². The summed E-state index contributed by atoms with van der Waals surface area (Å²) in [5.41, 5.74) is 1.23. The Labute approximate surface area is 145 Å². The summed E-state index contributed by atoms with van der Waals surface area (Å²) < 4.78 is 12.4. The quantitative estimate of drug-likeness (QED) is 0.717. The van der Waals surface area contributed by atoms with Crippen LogP contribution >= 0.6 is 27.3 Å². The van der Waals surface area contributed by atoms with Crippen molar-refractivity contribution in [3.05, 3.63) is 46.4 Å². The van der Waals surface area contributed by atoms with E-state index in [0.717, 1.165) is 9.17 Å². The third-order valence-electron chi connectivity index (χ3n) is 3.24. The normalized spacial score (nSPS) is 10.6. The summed E-state index contributed by atoms with van der Waals surface area (Å²) in [5.74, 6) is 1.12. The lowest BCUT2D eigenvalue weighted by molar-refractivity contribution is 0.102. The van der Waals surface area contributed by atoms with Gasteiger partial charge in [-0.15, -0.1) is 0 Å². The predicted octanol–water partition coefficient (Wildman–Crippen LogP) is 4.33. The smallest absolute Gasteiger partial charge is 0.257 e. The second-order valence-electron chi connectivity index (χ2n) is 4.63. The van der Waals surface area contributed by atoms with Gasteiger partial charge in [-0.3, -0.25) is 10.1 Å². The maximum atomic E-state index is 12.3. The Morgan fingerprint density at radius 3 is 2.39 bits per heavy atom. The number of methoxy groups -OCH3 is 2. The number of ether oxygens (including phenoxy) is 2. The van der Waals surface area contributed by atoms with E-state index >= 15 is 0 Å². The molecule has 1 heterocycles. The molecular formula is C16H13BrN2O3S. The Morgan fingerprint density at radius 2 is 1.74 bits per heavy atom. The van der Waals surface area contributed by atoms with E-state index in [1.165, 1.54) is 11.3 Å². The lowest BCUT2D eigenvalue weighted by atomic mass is 10.2. The highest BCUT2D eigenvalue weighted by Crippen LogP contribution is 2.38. The zero-order chi connectivity index (χ0) is 16.4. The van der Waals surface area contributed by atoms with E-state index in [1.54, 1.807) is 32.4 Å². The minimum absolute atomic E-state index is 0.213. The van der Waals surface area contributed by atoms with Crippen LogP contribution in [0.3, 0.4) is 0 Å². The monoisotopic (exact) mass is 392 g/mol. The maximum Gasteiger partial charge on any atom is 0.257 e. The van der Waals surface area contributed by atoms with Gasteiger partial charge in [0, 0.05) is 10.0 Å². The number of halogens is 1. The molecule has 0 saturated heterocycles. The number of benzene rings is 2. The van der Waals surface area contributed by atoms with Crippen LogP contribution in [-0.4, -0.2) is 25.1 Å². The van der Waals surface area contributed by atoms with Gasteiger partial charge < -0.3 is 9.47 Å². The molecule has 3 aromatic rings. The van der Waals surface area contributed by atoms with Gasteiger partial charge in [-0.1, -0.05) is 27.3 Å². The molecule has 1 N–H and O–H groups in total. The number of carbonyl (C=O) groups excluding carboxylic acids is 1. The number of thiazole rings is 1. The summed E-state index contributed by atoms with van der Waals surface area (Å²) in [7, 11) is 3.18. The Bertz CT molecular complexity index is 821. The molecule has 0 unspecified atom stereocenters. The molecule has 0 bridgehead atoms. The number of nitrogens with one attached hydrogen (secondary N) is 1. The molecule has 1 amide bonds. The van der Waals surface area contributed by atoms with Crippen LogP contribution in [-0.2, 0) is 0 Å². The molecular weight excluding hydrogens is 380 g/mol. The molecule has 3 rings (SSSR count). The average molecular weight is 393 g/mol. The van der Waals surface area contributed by atoms with Gasteiger partial charge in [0.2, 0.25) is 0 Å². The third-order valence-corrected chi connectivity index (χ3v) is 4.75. The third kappa shape index (κ3) is 3.16. The standard InChI is InChI=1S/C16H13BrN2O3S/c1-21-11-7-8-12(22-2)14-13(11)18-16(23-14)19-15(20)9-3-5-10(17)6-4-9/h3-8H,1-2H3,(H,18,19,20). The summed E-state index contributed by atoms with van der Waals surface area (Å²) in [4.78, 5) is 16.7. The minimum atomic E-state index is -0.213. The molecule has 0 aliphatic carbocycles. The zero-order valence-electron chi connectivity index (χ0n) is 12.4. The van der Waals surface area contributed by atoms with Crippen molar-refractivity contribution >= 4 is 48.5 Å². The van der Waals surface area contributed by atoms with Crippen LogP contribution in [0, 0.1) is 0 Å². The fraction of sp³-hybridized carbons (Fsp3) is 0.125. The van der Waals surface area contributed by atoms with Crippen molar-refractivity contribution in [2.45, 2.75) is 0 Å². The number of aromatic nitrogens is 1. The molecule has 5 nitrogen and oxygen atoms in total. The molecule has 0 aliphatic heterocycles. The van der Waals surface area contributed by atoms with Crippen molar-refractivity contribution in [2.24, 2.45) is 0 Å². The van der Waals surface area contributed by atoms with Gasteiger partial charge in [-0.25, -0.2) is 4.98 Å². The summed E-state index contributed by atoms with van der Waals surface area (Å²) in [5, 5.41) is 3.31. The predicted molar refractivity (Wildman–Crippen MR) is 94.8 cm³/mol. The minimum Gasteiger partial charge on any atom is -0.495 e. The highest BCUT2D eigenvalue weighted by molar-refractivity contribution is 9.10. The van der Waals surface area contributed by atoms with Gasteiger partial charge in [0.15, 0.2) is 5.13 Å². The number of anilines is 1. The average Bonchev–Trinajstić information content (AvgIpc) is 2.97. The largest absolute Gasteiger partial charge is 0.495 e. The first-order valence-corrected chi connectivity index (χ1v) is 8.31. The number of amides is 1. The SMILES string of the molecule is COc1ccc(OC)c2sc(NC(=O)c3ccc(Br)cc3)nc12. The van der Waals surface area contributed by atoms with E-state index in [2.05, 4.69) is 26.2 Å². The first-order chi connectivity index (χ1) is 11.1. The number of hydrogen-bond acceptors (Lipinski definition) is 5. The van der Waals surface area contributed by atoms with E-state index in [0.29, 0.717) is 27.7 Å². The Kier molecular flexibility index (Phi) is 4.49. The number of hydrogen-bond donors (Lipinski definition) is 1. The Balaban J connectivity index is 1.94. The summed E-state index contributed by atoms with van der Waals surface area (Å²) in [6.45, 7) is 0. The molecule has 0 spiro atoms. The molecule has 0 fully saturated rings. The van der Waals surface area contributed by atoms with Crippen molar-refractivity contribution in [3.8, 4) is 11.5 Å². The van der Waals surface area contributed by atoms with E-state index < -0.39 is 0 Å². The topological polar surface area (TPSA) is 60.5 Å². The van der Waals surface area contributed by atoms with E-state index in [9.17, 15) is 4.79 Å². The maximum absolute atomic E-state index is 12.3. The lowest BCUT2D eigenvalue weighted by Crippen LogP contribution is -2.11. The molecule has 0 radical (unpaired) electrons. The number of fused-ring (bicyclic) bond motifs is 1.